The van der Waals surface area contributed by atoms with E-state index < -0.39 is 17.6 Å². The number of quaternary nitrogens is 1. The first-order chi connectivity index (χ1) is 22.3. The third-order valence-electron chi connectivity index (χ3n) is 9.16. The van der Waals surface area contributed by atoms with E-state index in [0.29, 0.717) is 13.1 Å². The van der Waals surface area contributed by atoms with Crippen molar-refractivity contribution in [2.45, 2.75) is 59.8 Å². The summed E-state index contributed by atoms with van der Waals surface area (Å²) in [6.07, 6.45) is -3.01. The van der Waals surface area contributed by atoms with Crippen molar-refractivity contribution >= 4 is 61.3 Å². The first-order valence-electron chi connectivity index (χ1n) is 16.0. The minimum Gasteiger partial charge on any atom is -1.00 e. The highest BCUT2D eigenvalue weighted by molar-refractivity contribution is 7.22. The van der Waals surface area contributed by atoms with E-state index in [-0.39, 0.29) is 42.0 Å². The van der Waals surface area contributed by atoms with Crippen molar-refractivity contribution in [2.24, 2.45) is 0 Å². The first kappa shape index (κ1) is 38.2. The van der Waals surface area contributed by atoms with Crippen molar-refractivity contribution in [1.82, 2.24) is 4.90 Å². The zero-order valence-electron chi connectivity index (χ0n) is 27.6. The Morgan fingerprint density at radius 2 is 1.52 bits per heavy atom. The third-order valence-corrected chi connectivity index (χ3v) is 11.3. The predicted molar refractivity (Wildman–Crippen MR) is 191 cm³/mol. The highest BCUT2D eigenvalue weighted by atomic mass is 79.9. The maximum absolute atomic E-state index is 14.2. The summed E-state index contributed by atoms with van der Waals surface area (Å²) < 4.78 is 43.0. The van der Waals surface area contributed by atoms with Crippen molar-refractivity contribution in [1.29, 1.82) is 0 Å². The Morgan fingerprint density at radius 3 is 2.17 bits per heavy atom. The molecule has 0 fully saturated rings. The van der Waals surface area contributed by atoms with E-state index in [2.05, 4.69) is 52.0 Å². The fourth-order valence-corrected chi connectivity index (χ4v) is 8.42. The monoisotopic (exact) mass is 778 g/mol. The van der Waals surface area contributed by atoms with Crippen LogP contribution >= 0.6 is 34.5 Å². The second-order valence-corrected chi connectivity index (χ2v) is 14.3. The van der Waals surface area contributed by atoms with Crippen LogP contribution in [0.4, 0.5) is 13.2 Å². The minimum absolute atomic E-state index is 0. The quantitative estimate of drug-likeness (QED) is 0.0920. The molecular formula is C38H40BrCl2F3N2OS. The highest BCUT2D eigenvalue weighted by Crippen LogP contribution is 2.46. The molecule has 0 spiro atoms. The summed E-state index contributed by atoms with van der Waals surface area (Å²) in [6, 6.07) is 22.9. The number of fused-ring (bicyclic) bond motifs is 2. The van der Waals surface area contributed by atoms with E-state index in [1.165, 1.54) is 22.8 Å². The van der Waals surface area contributed by atoms with Crippen LogP contribution in [0, 0.1) is 13.8 Å². The van der Waals surface area contributed by atoms with Gasteiger partial charge in [-0.15, -0.1) is 11.3 Å². The molecule has 10 heteroatoms. The number of rotatable bonds is 12. The van der Waals surface area contributed by atoms with Gasteiger partial charge in [0.2, 0.25) is 0 Å². The SMILES string of the molecule is CC[N+](CC)(CCCCN(Cc1ccc2ccccc2c1)C(=O)c1sc2c(Cl)ccc(C(F)(F)F)c2c1Cl)Cc1cc(C)cc(C)c1.[Br-]. The van der Waals surface area contributed by atoms with Gasteiger partial charge < -0.3 is 26.4 Å². The van der Waals surface area contributed by atoms with Gasteiger partial charge in [0.1, 0.15) is 11.4 Å². The lowest BCUT2D eigenvalue weighted by Crippen LogP contribution is -3.00. The molecular weight excluding hydrogens is 740 g/mol. The zero-order chi connectivity index (χ0) is 33.9. The third kappa shape index (κ3) is 8.56. The number of nitrogens with zero attached hydrogens (tertiary/aromatic N) is 2. The van der Waals surface area contributed by atoms with E-state index >= 15 is 0 Å². The summed E-state index contributed by atoms with van der Waals surface area (Å²) in [5, 5.41) is 1.86. The summed E-state index contributed by atoms with van der Waals surface area (Å²) >= 11 is 13.9. The molecule has 256 valence electrons. The van der Waals surface area contributed by atoms with Crippen LogP contribution in [0.15, 0.2) is 72.8 Å². The van der Waals surface area contributed by atoms with Gasteiger partial charge >= 0.3 is 6.18 Å². The minimum atomic E-state index is -4.64. The van der Waals surface area contributed by atoms with Gasteiger partial charge in [0.25, 0.3) is 5.91 Å². The average molecular weight is 781 g/mol. The van der Waals surface area contributed by atoms with Crippen LogP contribution in [0.5, 0.6) is 0 Å². The van der Waals surface area contributed by atoms with Gasteiger partial charge in [-0.1, -0.05) is 88.9 Å². The summed E-state index contributed by atoms with van der Waals surface area (Å²) in [6.45, 7) is 13.3. The Morgan fingerprint density at radius 1 is 0.854 bits per heavy atom. The highest BCUT2D eigenvalue weighted by Gasteiger charge is 2.36. The van der Waals surface area contributed by atoms with Gasteiger partial charge in [0, 0.05) is 24.0 Å². The Hall–Kier alpha value is -2.62. The molecule has 5 rings (SSSR count). The maximum atomic E-state index is 14.2. The van der Waals surface area contributed by atoms with Crippen LogP contribution in [-0.2, 0) is 19.3 Å². The summed E-state index contributed by atoms with van der Waals surface area (Å²) in [5.41, 5.74) is 3.89. The molecule has 0 N–H and O–H groups in total. The largest absolute Gasteiger partial charge is 1.00 e. The smallest absolute Gasteiger partial charge is 0.417 e. The summed E-state index contributed by atoms with van der Waals surface area (Å²) in [4.78, 5) is 16.0. The van der Waals surface area contributed by atoms with Crippen molar-refractivity contribution in [2.75, 3.05) is 26.2 Å². The molecule has 0 aliphatic rings. The number of carbonyl (C=O) groups excluding carboxylic acids is 1. The zero-order valence-corrected chi connectivity index (χ0v) is 31.5. The van der Waals surface area contributed by atoms with Gasteiger partial charge in [0.05, 0.1) is 39.9 Å². The Bertz CT molecular complexity index is 1880. The van der Waals surface area contributed by atoms with Crippen molar-refractivity contribution < 1.29 is 39.4 Å². The molecule has 0 aliphatic heterocycles. The second kappa shape index (κ2) is 15.9. The van der Waals surface area contributed by atoms with Crippen molar-refractivity contribution in [3.05, 3.63) is 116 Å². The van der Waals surface area contributed by atoms with E-state index in [0.717, 1.165) is 77.2 Å². The van der Waals surface area contributed by atoms with Gasteiger partial charge in [-0.3, -0.25) is 4.79 Å². The number of hydrogen-bond donors (Lipinski definition) is 0. The fourth-order valence-electron chi connectivity index (χ4n) is 6.60. The number of alkyl halides is 3. The van der Waals surface area contributed by atoms with Crippen LogP contribution in [0.1, 0.15) is 64.2 Å². The number of carbonyl (C=O) groups is 1. The Kier molecular flexibility index (Phi) is 12.7. The van der Waals surface area contributed by atoms with Gasteiger partial charge in [0.15, 0.2) is 0 Å². The number of halogens is 6. The molecule has 1 amide bonds. The van der Waals surface area contributed by atoms with Crippen LogP contribution < -0.4 is 17.0 Å². The molecule has 0 atom stereocenters. The molecule has 0 aliphatic carbocycles. The molecule has 0 unspecified atom stereocenters. The van der Waals surface area contributed by atoms with E-state index in [1.54, 1.807) is 4.90 Å². The van der Waals surface area contributed by atoms with Crippen LogP contribution in [0.2, 0.25) is 10.0 Å². The number of amides is 1. The van der Waals surface area contributed by atoms with E-state index in [4.69, 9.17) is 23.2 Å². The lowest BCUT2D eigenvalue weighted by Gasteiger charge is -2.37. The lowest BCUT2D eigenvalue weighted by atomic mass is 10.1. The molecule has 4 aromatic carbocycles. The van der Waals surface area contributed by atoms with E-state index in [1.807, 2.05) is 36.4 Å². The molecule has 0 saturated carbocycles. The van der Waals surface area contributed by atoms with Crippen molar-refractivity contribution in [3.8, 4) is 0 Å². The Balaban J connectivity index is 0.00000520. The summed E-state index contributed by atoms with van der Waals surface area (Å²) in [5.74, 6) is -0.393. The van der Waals surface area contributed by atoms with Gasteiger partial charge in [-0.2, -0.15) is 13.2 Å². The molecule has 1 heterocycles. The number of benzene rings is 4. The lowest BCUT2D eigenvalue weighted by molar-refractivity contribution is -0.938. The average Bonchev–Trinajstić information content (AvgIpc) is 3.38. The number of thiophene rings is 1. The molecule has 0 bridgehead atoms. The van der Waals surface area contributed by atoms with Crippen molar-refractivity contribution in [3.63, 3.8) is 0 Å². The van der Waals surface area contributed by atoms with Crippen LogP contribution in [-0.4, -0.2) is 41.5 Å². The molecule has 3 nitrogen and oxygen atoms in total. The Labute approximate surface area is 305 Å². The second-order valence-electron chi connectivity index (χ2n) is 12.5. The molecule has 0 saturated heterocycles. The van der Waals surface area contributed by atoms with Crippen LogP contribution in [0.25, 0.3) is 20.9 Å². The number of aryl methyl sites for hydroxylation is 2. The number of unbranched alkanes of at least 4 members (excludes halogenated alkanes) is 1. The predicted octanol–water partition coefficient (Wildman–Crippen LogP) is 8.48. The molecule has 1 aromatic heterocycles. The molecule has 48 heavy (non-hydrogen) atoms. The first-order valence-corrected chi connectivity index (χ1v) is 17.6. The number of hydrogen-bond acceptors (Lipinski definition) is 2. The molecule has 5 aromatic rings. The van der Waals surface area contributed by atoms with Gasteiger partial charge in [-0.05, 0) is 75.1 Å². The van der Waals surface area contributed by atoms with Gasteiger partial charge in [-0.25, -0.2) is 0 Å². The molecule has 0 radical (unpaired) electrons. The topological polar surface area (TPSA) is 20.3 Å². The van der Waals surface area contributed by atoms with E-state index in [9.17, 15) is 18.0 Å². The summed E-state index contributed by atoms with van der Waals surface area (Å²) in [7, 11) is 0. The van der Waals surface area contributed by atoms with Crippen LogP contribution in [0.3, 0.4) is 0 Å². The fraction of sp³-hybridized carbons (Fsp3) is 0.342. The normalized spacial score (nSPS) is 12.0. The maximum Gasteiger partial charge on any atom is 0.417 e. The standard InChI is InChI=1S/C38H40Cl2F3N2OS.BrH/c1-5-45(6-2,24-28-20-25(3)19-26(4)21-28)18-10-9-17-44(23-27-13-14-29-11-7-8-12-30(29)22-27)37(46)36-34(40)33-31(38(41,42)43)15-16-32(39)35(33)47-36;/h7-8,11-16,19-22H,5-6,9-10,17-18,23-24H2,1-4H3;1H/q+1;/p-1.